The Hall–Kier alpha value is -1.25. The van der Waals surface area contributed by atoms with Gasteiger partial charge in [-0.25, -0.2) is 9.97 Å². The molecule has 1 aliphatic rings. The molecule has 0 bridgehead atoms. The number of piperazine rings is 1. The molecule has 1 aliphatic heterocycles. The van der Waals surface area contributed by atoms with Gasteiger partial charge in [0.25, 0.3) is 5.56 Å². The van der Waals surface area contributed by atoms with E-state index in [1.807, 2.05) is 18.4 Å². The first-order chi connectivity index (χ1) is 12.0. The molecule has 6 nitrogen and oxygen atoms in total. The van der Waals surface area contributed by atoms with E-state index >= 15 is 0 Å². The van der Waals surface area contributed by atoms with Gasteiger partial charge in [0.15, 0.2) is 0 Å². The molecular formula is C18H25Cl2N5OS. The quantitative estimate of drug-likeness (QED) is 0.693. The smallest absolute Gasteiger partial charge is 0.271 e. The van der Waals surface area contributed by atoms with E-state index in [-0.39, 0.29) is 30.4 Å². The third-order valence-corrected chi connectivity index (χ3v) is 5.98. The zero-order valence-corrected chi connectivity index (χ0v) is 18.2. The number of aromatic nitrogens is 3. The largest absolute Gasteiger partial charge is 0.314 e. The monoisotopic (exact) mass is 429 g/mol. The van der Waals surface area contributed by atoms with Crippen molar-refractivity contribution in [3.63, 3.8) is 0 Å². The molecule has 0 saturated carbocycles. The molecule has 27 heavy (non-hydrogen) atoms. The Balaban J connectivity index is 0.00000131. The van der Waals surface area contributed by atoms with E-state index in [2.05, 4.69) is 28.2 Å². The summed E-state index contributed by atoms with van der Waals surface area (Å²) in [6.07, 6.45) is 0. The number of hydrogen-bond acceptors (Lipinski definition) is 6. The van der Waals surface area contributed by atoms with Gasteiger partial charge in [-0.1, -0.05) is 0 Å². The molecule has 0 atom stereocenters. The number of thiophene rings is 1. The number of aryl methyl sites for hydroxylation is 3. The van der Waals surface area contributed by atoms with Crippen molar-refractivity contribution in [2.24, 2.45) is 0 Å². The highest BCUT2D eigenvalue weighted by molar-refractivity contribution is 7.25. The fourth-order valence-electron chi connectivity index (χ4n) is 3.61. The molecule has 1 saturated heterocycles. The summed E-state index contributed by atoms with van der Waals surface area (Å²) in [5, 5.41) is 4.38. The zero-order chi connectivity index (χ0) is 17.6. The number of halogens is 2. The molecule has 1 fully saturated rings. The highest BCUT2D eigenvalue weighted by Gasteiger charge is 2.17. The molecule has 0 amide bonds. The van der Waals surface area contributed by atoms with Crippen LogP contribution in [0.5, 0.6) is 0 Å². The van der Waals surface area contributed by atoms with Crippen molar-refractivity contribution in [3.8, 4) is 0 Å². The molecule has 0 aliphatic carbocycles. The Kier molecular flexibility index (Phi) is 7.21. The van der Waals surface area contributed by atoms with E-state index in [4.69, 9.17) is 4.98 Å². The van der Waals surface area contributed by atoms with Gasteiger partial charge in [0, 0.05) is 50.3 Å². The van der Waals surface area contributed by atoms with Crippen LogP contribution in [-0.4, -0.2) is 52.2 Å². The van der Waals surface area contributed by atoms with E-state index < -0.39 is 0 Å². The van der Waals surface area contributed by atoms with E-state index in [9.17, 15) is 4.79 Å². The number of fused-ring (bicyclic) bond motifs is 3. The van der Waals surface area contributed by atoms with Crippen molar-refractivity contribution < 1.29 is 0 Å². The molecule has 9 heteroatoms. The second-order valence-corrected chi connectivity index (χ2v) is 7.75. The van der Waals surface area contributed by atoms with Crippen LogP contribution in [0, 0.1) is 20.8 Å². The summed E-state index contributed by atoms with van der Waals surface area (Å²) in [5.74, 6) is 0.785. The third kappa shape index (κ3) is 4.12. The van der Waals surface area contributed by atoms with Crippen LogP contribution in [0.1, 0.15) is 17.1 Å². The Morgan fingerprint density at radius 3 is 2.52 bits per heavy atom. The number of nitrogens with one attached hydrogen (secondary N) is 1. The van der Waals surface area contributed by atoms with Crippen LogP contribution in [0.4, 0.5) is 0 Å². The van der Waals surface area contributed by atoms with Gasteiger partial charge in [0.2, 0.25) is 0 Å². The Morgan fingerprint density at radius 1 is 1.11 bits per heavy atom. The first-order valence-corrected chi connectivity index (χ1v) is 9.57. The molecule has 0 radical (unpaired) electrons. The van der Waals surface area contributed by atoms with Crippen LogP contribution in [0.25, 0.3) is 20.4 Å². The summed E-state index contributed by atoms with van der Waals surface area (Å²) in [5.41, 5.74) is 2.99. The van der Waals surface area contributed by atoms with Gasteiger partial charge in [-0.2, -0.15) is 0 Å². The predicted octanol–water partition coefficient (Wildman–Crippen LogP) is 2.68. The van der Waals surface area contributed by atoms with Gasteiger partial charge >= 0.3 is 0 Å². The maximum Gasteiger partial charge on any atom is 0.271 e. The lowest BCUT2D eigenvalue weighted by Gasteiger charge is -2.27. The van der Waals surface area contributed by atoms with Gasteiger partial charge in [0.05, 0.1) is 5.52 Å². The first kappa shape index (κ1) is 22.0. The van der Waals surface area contributed by atoms with Gasteiger partial charge in [-0.15, -0.1) is 36.2 Å². The molecule has 4 rings (SSSR count). The van der Waals surface area contributed by atoms with Gasteiger partial charge < -0.3 is 5.32 Å². The van der Waals surface area contributed by atoms with Crippen LogP contribution in [0.15, 0.2) is 10.9 Å². The minimum Gasteiger partial charge on any atom is -0.314 e. The van der Waals surface area contributed by atoms with Crippen molar-refractivity contribution in [3.05, 3.63) is 33.5 Å². The van der Waals surface area contributed by atoms with Crippen molar-refractivity contribution in [1.82, 2.24) is 24.8 Å². The molecule has 148 valence electrons. The van der Waals surface area contributed by atoms with Crippen LogP contribution >= 0.6 is 36.2 Å². The van der Waals surface area contributed by atoms with Gasteiger partial charge in [-0.3, -0.25) is 14.3 Å². The third-order valence-electron chi connectivity index (χ3n) is 4.92. The van der Waals surface area contributed by atoms with Crippen LogP contribution in [0.3, 0.4) is 0 Å². The van der Waals surface area contributed by atoms with Crippen LogP contribution in [0.2, 0.25) is 0 Å². The lowest BCUT2D eigenvalue weighted by molar-refractivity contribution is 0.231. The highest BCUT2D eigenvalue weighted by Crippen LogP contribution is 2.32. The molecule has 0 aromatic carbocycles. The summed E-state index contributed by atoms with van der Waals surface area (Å²) in [7, 11) is 0. The van der Waals surface area contributed by atoms with E-state index in [1.54, 1.807) is 0 Å². The standard InChI is InChI=1S/C18H23N5OS.2ClH/c1-11-10-12(2)20-17-14(11)15-16(25-17)18(24)23(13(3)21-15)9-8-22-6-4-19-5-7-22;;/h10,19H,4-9H2,1-3H3;2*1H. The van der Waals surface area contributed by atoms with Crippen LogP contribution < -0.4 is 10.9 Å². The molecular weight excluding hydrogens is 405 g/mol. The molecule has 0 spiro atoms. The summed E-state index contributed by atoms with van der Waals surface area (Å²) < 4.78 is 2.55. The molecule has 1 N–H and O–H groups in total. The normalized spacial score (nSPS) is 14.9. The second kappa shape index (κ2) is 8.84. The van der Waals surface area contributed by atoms with Crippen molar-refractivity contribution in [2.45, 2.75) is 27.3 Å². The van der Waals surface area contributed by atoms with E-state index in [1.165, 1.54) is 11.3 Å². The molecule has 3 aromatic heterocycles. The Labute approximate surface area is 174 Å². The minimum atomic E-state index is 0. The van der Waals surface area contributed by atoms with Crippen LogP contribution in [-0.2, 0) is 6.54 Å². The summed E-state index contributed by atoms with van der Waals surface area (Å²) >= 11 is 1.47. The van der Waals surface area contributed by atoms with E-state index in [0.29, 0.717) is 6.54 Å². The van der Waals surface area contributed by atoms with Gasteiger partial charge in [0.1, 0.15) is 15.4 Å². The summed E-state index contributed by atoms with van der Waals surface area (Å²) in [4.78, 5) is 25.8. The molecule has 0 unspecified atom stereocenters. The van der Waals surface area contributed by atoms with Crippen molar-refractivity contribution in [1.29, 1.82) is 0 Å². The number of nitrogens with zero attached hydrogens (tertiary/aromatic N) is 4. The first-order valence-electron chi connectivity index (χ1n) is 8.75. The maximum absolute atomic E-state index is 13.1. The highest BCUT2D eigenvalue weighted by atomic mass is 35.5. The topological polar surface area (TPSA) is 63.1 Å². The van der Waals surface area contributed by atoms with E-state index in [0.717, 1.165) is 70.2 Å². The lowest BCUT2D eigenvalue weighted by Crippen LogP contribution is -2.45. The summed E-state index contributed by atoms with van der Waals surface area (Å²) in [6.45, 7) is 11.7. The number of hydrogen-bond donors (Lipinski definition) is 1. The summed E-state index contributed by atoms with van der Waals surface area (Å²) in [6, 6.07) is 2.06. The predicted molar refractivity (Wildman–Crippen MR) is 117 cm³/mol. The Morgan fingerprint density at radius 2 is 1.81 bits per heavy atom. The number of rotatable bonds is 3. The molecule has 4 heterocycles. The fraction of sp³-hybridized carbons (Fsp3) is 0.500. The average Bonchev–Trinajstić information content (AvgIpc) is 2.94. The van der Waals surface area contributed by atoms with Gasteiger partial charge in [-0.05, 0) is 32.4 Å². The molecule has 3 aromatic rings. The zero-order valence-electron chi connectivity index (χ0n) is 15.7. The fourth-order valence-corrected chi connectivity index (χ4v) is 4.79. The SMILES string of the molecule is Cc1cc(C)c2c(n1)sc1c(=O)n(CCN3CCNCC3)c(C)nc12.Cl.Cl. The lowest BCUT2D eigenvalue weighted by atomic mass is 10.1. The number of pyridine rings is 1. The van der Waals surface area contributed by atoms with Crippen molar-refractivity contribution in [2.75, 3.05) is 32.7 Å². The second-order valence-electron chi connectivity index (χ2n) is 6.75. The minimum absolute atomic E-state index is 0. The Bertz CT molecular complexity index is 1010. The van der Waals surface area contributed by atoms with Crippen molar-refractivity contribution >= 4 is 56.6 Å². The average molecular weight is 430 g/mol. The maximum atomic E-state index is 13.1.